The molecule has 0 spiro atoms. The fourth-order valence-corrected chi connectivity index (χ4v) is 4.51. The van der Waals surface area contributed by atoms with Gasteiger partial charge in [-0.2, -0.15) is 14.4 Å². The van der Waals surface area contributed by atoms with Gasteiger partial charge in [0.05, 0.1) is 22.1 Å². The largest absolute Gasteiger partial charge is 0.549 e. The Balaban J connectivity index is 1.60. The summed E-state index contributed by atoms with van der Waals surface area (Å²) in [5.41, 5.74) is 1.74. The van der Waals surface area contributed by atoms with Crippen molar-refractivity contribution in [2.24, 2.45) is 5.41 Å². The zero-order valence-electron chi connectivity index (χ0n) is 31.1. The first-order valence-corrected chi connectivity index (χ1v) is 17.1. The summed E-state index contributed by atoms with van der Waals surface area (Å²) in [5.74, 6) is -2.25. The molecule has 54 heavy (non-hydrogen) atoms. The van der Waals surface area contributed by atoms with Gasteiger partial charge in [0.2, 0.25) is 0 Å². The van der Waals surface area contributed by atoms with E-state index < -0.39 is 61.6 Å². The third kappa shape index (κ3) is 13.1. The molecule has 15 heteroatoms. The van der Waals surface area contributed by atoms with Crippen LogP contribution in [-0.2, 0) is 43.5 Å². The number of hydrogen-bond donors (Lipinski definition) is 0. The smallest absolute Gasteiger partial charge is 0.431 e. The third-order valence-electron chi connectivity index (χ3n) is 8.23. The maximum Gasteiger partial charge on any atom is 0.549 e. The van der Waals surface area contributed by atoms with Crippen LogP contribution in [0.3, 0.4) is 0 Å². The minimum atomic E-state index is -1.51. The second-order valence-electron chi connectivity index (χ2n) is 13.2. The lowest BCUT2D eigenvalue weighted by atomic mass is 9.88. The van der Waals surface area contributed by atoms with Crippen LogP contribution in [0.1, 0.15) is 120 Å². The molecule has 0 unspecified atom stereocenters. The molecular weight excluding hydrogens is 708 g/mol. The van der Waals surface area contributed by atoms with E-state index in [4.69, 9.17) is 14.2 Å². The lowest BCUT2D eigenvalue weighted by Gasteiger charge is -2.29. The molecule has 0 N–H and O–H groups in total. The van der Waals surface area contributed by atoms with Gasteiger partial charge < -0.3 is 14.2 Å². The molecule has 3 rings (SSSR count). The van der Waals surface area contributed by atoms with Crippen molar-refractivity contribution in [1.29, 1.82) is 0 Å². The van der Waals surface area contributed by atoms with Gasteiger partial charge in [0.25, 0.3) is 0 Å². The summed E-state index contributed by atoms with van der Waals surface area (Å²) >= 11 is 0. The normalized spacial score (nSPS) is 11.0. The molecule has 0 atom stereocenters. The van der Waals surface area contributed by atoms with Crippen LogP contribution < -0.4 is 0 Å². The molecule has 0 aliphatic carbocycles. The number of hydrogen-bond acceptors (Lipinski definition) is 15. The molecule has 15 nitrogen and oxygen atoms in total. The molecule has 0 aromatic heterocycles. The molecule has 0 fully saturated rings. The van der Waals surface area contributed by atoms with Crippen molar-refractivity contribution < 1.29 is 72.3 Å². The maximum atomic E-state index is 12.4. The Morgan fingerprint density at radius 2 is 0.667 bits per heavy atom. The zero-order chi connectivity index (χ0) is 39.8. The van der Waals surface area contributed by atoms with Gasteiger partial charge >= 0.3 is 36.4 Å². The first-order chi connectivity index (χ1) is 25.6. The standard InChI is InChI=1S/C39H44O15/c1-8-39(21-46-36(43)52-49-33(40)30-15-9-27(10-16-30)24(2)3,22-47-37(44)53-50-34(41)31-17-11-28(12-18-31)25(4)5)23-48-38(45)54-51-35(42)32-19-13-29(14-20-32)26(6)7/h9-20,24-26H,8,21-23H2,1-7H3. The van der Waals surface area contributed by atoms with Gasteiger partial charge in [-0.25, -0.2) is 43.7 Å². The van der Waals surface area contributed by atoms with E-state index in [0.717, 1.165) is 16.7 Å². The molecule has 0 amide bonds. The Hall–Kier alpha value is -6.12. The summed E-state index contributed by atoms with van der Waals surface area (Å²) in [4.78, 5) is 101. The monoisotopic (exact) mass is 752 g/mol. The average molecular weight is 753 g/mol. The SMILES string of the molecule is CCC(COC(=O)OOC(=O)c1ccc(C(C)C)cc1)(COC(=O)OOC(=O)c1ccc(C(C)C)cc1)COC(=O)OOC(=O)c1ccc(C(C)C)cc1. The third-order valence-corrected chi connectivity index (χ3v) is 8.23. The summed E-state index contributed by atoms with van der Waals surface area (Å²) in [6.07, 6.45) is -4.37. The number of benzene rings is 3. The molecule has 0 aliphatic heterocycles. The first-order valence-electron chi connectivity index (χ1n) is 17.1. The van der Waals surface area contributed by atoms with Crippen LogP contribution in [0, 0.1) is 5.41 Å². The summed E-state index contributed by atoms with van der Waals surface area (Å²) in [6.45, 7) is 11.5. The van der Waals surface area contributed by atoms with Gasteiger partial charge in [0.1, 0.15) is 19.8 Å². The summed E-state index contributed by atoms with van der Waals surface area (Å²) in [6, 6.07) is 19.3. The van der Waals surface area contributed by atoms with Gasteiger partial charge in [0.15, 0.2) is 0 Å². The van der Waals surface area contributed by atoms with E-state index in [2.05, 4.69) is 29.3 Å². The van der Waals surface area contributed by atoms with E-state index in [1.807, 2.05) is 41.5 Å². The van der Waals surface area contributed by atoms with E-state index in [1.165, 1.54) is 36.4 Å². The van der Waals surface area contributed by atoms with Crippen molar-refractivity contribution in [2.75, 3.05) is 19.8 Å². The summed E-state index contributed by atoms with van der Waals surface area (Å²) < 4.78 is 15.3. The molecule has 290 valence electrons. The van der Waals surface area contributed by atoms with Gasteiger partial charge in [0, 0.05) is 0 Å². The number of ether oxygens (including phenoxy) is 3. The lowest BCUT2D eigenvalue weighted by Crippen LogP contribution is -2.39. The summed E-state index contributed by atoms with van der Waals surface area (Å²) in [5, 5.41) is 0. The van der Waals surface area contributed by atoms with Crippen molar-refractivity contribution in [2.45, 2.75) is 72.6 Å². The number of carbonyl (C=O) groups excluding carboxylic acids is 6. The van der Waals surface area contributed by atoms with Crippen molar-refractivity contribution in [3.8, 4) is 0 Å². The van der Waals surface area contributed by atoms with E-state index in [-0.39, 0.29) is 40.9 Å². The molecular formula is C39H44O15. The Morgan fingerprint density at radius 3 is 0.870 bits per heavy atom. The second-order valence-corrected chi connectivity index (χ2v) is 13.2. The summed E-state index contributed by atoms with van der Waals surface area (Å²) in [7, 11) is 0. The molecule has 0 saturated carbocycles. The van der Waals surface area contributed by atoms with Crippen LogP contribution in [-0.4, -0.2) is 56.2 Å². The van der Waals surface area contributed by atoms with Gasteiger partial charge in [-0.05, 0) is 77.3 Å². The molecule has 0 bridgehead atoms. The zero-order valence-corrected chi connectivity index (χ0v) is 31.1. The highest BCUT2D eigenvalue weighted by molar-refractivity contribution is 5.90. The number of rotatable bonds is 13. The average Bonchev–Trinajstić information content (AvgIpc) is 3.17. The van der Waals surface area contributed by atoms with Crippen molar-refractivity contribution >= 4 is 36.4 Å². The predicted octanol–water partition coefficient (Wildman–Crippen LogP) is 8.53. The lowest BCUT2D eigenvalue weighted by molar-refractivity contribution is -0.217. The van der Waals surface area contributed by atoms with Gasteiger partial charge in [-0.15, -0.1) is 0 Å². The fourth-order valence-electron chi connectivity index (χ4n) is 4.51. The van der Waals surface area contributed by atoms with E-state index in [1.54, 1.807) is 43.3 Å². The second kappa shape index (κ2) is 20.2. The molecule has 0 heterocycles. The quantitative estimate of drug-likeness (QED) is 0.0699. The Labute approximate surface area is 312 Å². The molecule has 0 aliphatic rings. The van der Waals surface area contributed by atoms with Crippen LogP contribution >= 0.6 is 0 Å². The molecule has 0 saturated heterocycles. The topological polar surface area (TPSA) is 185 Å². The molecule has 0 radical (unpaired) electrons. The maximum absolute atomic E-state index is 12.4. The minimum Gasteiger partial charge on any atom is -0.431 e. The molecule has 3 aromatic carbocycles. The van der Waals surface area contributed by atoms with Crippen LogP contribution in [0.25, 0.3) is 0 Å². The minimum absolute atomic E-state index is 0.00675. The van der Waals surface area contributed by atoms with Crippen LogP contribution in [0.2, 0.25) is 0 Å². The van der Waals surface area contributed by atoms with E-state index in [9.17, 15) is 28.8 Å². The Kier molecular flexibility index (Phi) is 15.8. The van der Waals surface area contributed by atoms with E-state index in [0.29, 0.717) is 0 Å². The Bertz CT molecular complexity index is 1530. The highest BCUT2D eigenvalue weighted by Gasteiger charge is 2.36. The number of carbonyl (C=O) groups is 6. The molecule has 3 aromatic rings. The van der Waals surface area contributed by atoms with Crippen molar-refractivity contribution in [3.63, 3.8) is 0 Å². The van der Waals surface area contributed by atoms with Crippen LogP contribution in [0.4, 0.5) is 14.4 Å². The predicted molar refractivity (Wildman–Crippen MR) is 188 cm³/mol. The van der Waals surface area contributed by atoms with Crippen LogP contribution in [0.15, 0.2) is 72.8 Å². The van der Waals surface area contributed by atoms with Gasteiger partial charge in [-0.1, -0.05) is 84.9 Å². The Morgan fingerprint density at radius 1 is 0.426 bits per heavy atom. The van der Waals surface area contributed by atoms with Gasteiger partial charge in [-0.3, -0.25) is 0 Å². The first kappa shape index (κ1) is 42.3. The highest BCUT2D eigenvalue weighted by atomic mass is 17.2. The van der Waals surface area contributed by atoms with Crippen molar-refractivity contribution in [1.82, 2.24) is 0 Å². The van der Waals surface area contributed by atoms with Crippen molar-refractivity contribution in [3.05, 3.63) is 106 Å². The van der Waals surface area contributed by atoms with Crippen LogP contribution in [0.5, 0.6) is 0 Å². The highest BCUT2D eigenvalue weighted by Crippen LogP contribution is 2.26. The fraction of sp³-hybridized carbons (Fsp3) is 0.385. The van der Waals surface area contributed by atoms with E-state index >= 15 is 0 Å².